The Hall–Kier alpha value is -0.790. The van der Waals surface area contributed by atoms with Crippen LogP contribution in [-0.2, 0) is 10.0 Å². The Kier molecular flexibility index (Phi) is 5.64. The molecule has 0 heterocycles. The van der Waals surface area contributed by atoms with Crippen LogP contribution in [-0.4, -0.2) is 26.5 Å². The predicted molar refractivity (Wildman–Crippen MR) is 78.3 cm³/mol. The number of hydrogen-bond acceptors (Lipinski definition) is 4. The average molecular weight is 306 g/mol. The van der Waals surface area contributed by atoms with E-state index in [-0.39, 0.29) is 22.2 Å². The van der Waals surface area contributed by atoms with E-state index in [0.29, 0.717) is 12.2 Å². The fourth-order valence-electron chi connectivity index (χ4n) is 1.64. The molecule has 108 valence electrons. The van der Waals surface area contributed by atoms with Crippen molar-refractivity contribution < 1.29 is 12.8 Å². The number of hydrogen-bond donors (Lipinski definition) is 2. The van der Waals surface area contributed by atoms with Crippen molar-refractivity contribution >= 4 is 27.5 Å². The minimum Gasteiger partial charge on any atom is -0.396 e. The van der Waals surface area contributed by atoms with Crippen LogP contribution >= 0.6 is 11.8 Å². The summed E-state index contributed by atoms with van der Waals surface area (Å²) in [6.45, 7) is 3.40. The number of sulfonamides is 1. The largest absolute Gasteiger partial charge is 0.396 e. The molecule has 0 saturated heterocycles. The zero-order valence-electron chi connectivity index (χ0n) is 11.2. The van der Waals surface area contributed by atoms with Crippen molar-refractivity contribution in [2.75, 3.05) is 17.7 Å². The maximum absolute atomic E-state index is 13.4. The van der Waals surface area contributed by atoms with Gasteiger partial charge in [-0.15, -0.1) is 0 Å². The topological polar surface area (TPSA) is 72.2 Å². The molecule has 19 heavy (non-hydrogen) atoms. The number of thioether (sulfide) groups is 1. The van der Waals surface area contributed by atoms with Crippen LogP contribution in [0.4, 0.5) is 10.1 Å². The lowest BCUT2D eigenvalue weighted by Gasteiger charge is -2.16. The van der Waals surface area contributed by atoms with Crippen molar-refractivity contribution in [2.24, 2.45) is 0 Å². The maximum Gasteiger partial charge on any atom is 0.240 e. The lowest BCUT2D eigenvalue weighted by atomic mass is 10.2. The second-order valence-electron chi connectivity index (χ2n) is 4.33. The summed E-state index contributed by atoms with van der Waals surface area (Å²) in [7, 11) is -3.67. The standard InChI is InChI=1S/C12H19FN2O2S2/c1-4-9(7-18-3)15-19(16,17)10-5-8(2)12(13)11(14)6-10/h5-6,9,15H,4,7,14H2,1-3H3. The lowest BCUT2D eigenvalue weighted by Crippen LogP contribution is -2.36. The monoisotopic (exact) mass is 306 g/mol. The molecule has 0 amide bonds. The first-order valence-corrected chi connectivity index (χ1v) is 8.76. The van der Waals surface area contributed by atoms with Gasteiger partial charge in [-0.3, -0.25) is 0 Å². The van der Waals surface area contributed by atoms with E-state index in [2.05, 4.69) is 4.72 Å². The SMILES string of the molecule is CCC(CSC)NS(=O)(=O)c1cc(C)c(F)c(N)c1. The molecule has 1 aromatic rings. The lowest BCUT2D eigenvalue weighted by molar-refractivity contribution is 0.557. The number of anilines is 1. The Morgan fingerprint density at radius 2 is 2.11 bits per heavy atom. The van der Waals surface area contributed by atoms with Crippen molar-refractivity contribution in [3.63, 3.8) is 0 Å². The zero-order valence-corrected chi connectivity index (χ0v) is 12.9. The van der Waals surface area contributed by atoms with Crippen molar-refractivity contribution in [1.82, 2.24) is 4.72 Å². The molecule has 1 aromatic carbocycles. The van der Waals surface area contributed by atoms with Gasteiger partial charge in [0.05, 0.1) is 10.6 Å². The highest BCUT2D eigenvalue weighted by atomic mass is 32.2. The summed E-state index contributed by atoms with van der Waals surface area (Å²) in [5.74, 6) is 0.112. The first kappa shape index (κ1) is 16.3. The van der Waals surface area contributed by atoms with Crippen LogP contribution in [0.25, 0.3) is 0 Å². The smallest absolute Gasteiger partial charge is 0.240 e. The normalized spacial score (nSPS) is 13.5. The summed E-state index contributed by atoms with van der Waals surface area (Å²) < 4.78 is 40.4. The van der Waals surface area contributed by atoms with E-state index in [1.165, 1.54) is 13.0 Å². The van der Waals surface area contributed by atoms with E-state index in [1.54, 1.807) is 11.8 Å². The Balaban J connectivity index is 3.07. The van der Waals surface area contributed by atoms with E-state index in [4.69, 9.17) is 5.73 Å². The third kappa shape index (κ3) is 4.09. The number of nitrogens with one attached hydrogen (secondary N) is 1. The number of nitrogens with two attached hydrogens (primary N) is 1. The molecule has 0 spiro atoms. The van der Waals surface area contributed by atoms with E-state index in [1.807, 2.05) is 13.2 Å². The fraction of sp³-hybridized carbons (Fsp3) is 0.500. The van der Waals surface area contributed by atoms with Crippen LogP contribution in [0.2, 0.25) is 0 Å². The Bertz CT molecular complexity index is 524. The summed E-state index contributed by atoms with van der Waals surface area (Å²) in [5.41, 5.74) is 5.54. The van der Waals surface area contributed by atoms with Gasteiger partial charge in [-0.2, -0.15) is 11.8 Å². The first-order valence-electron chi connectivity index (χ1n) is 5.88. The molecule has 3 N–H and O–H groups in total. The number of rotatable bonds is 6. The van der Waals surface area contributed by atoms with Gasteiger partial charge in [0.15, 0.2) is 0 Å². The summed E-state index contributed by atoms with van der Waals surface area (Å²) >= 11 is 1.57. The van der Waals surface area contributed by atoms with E-state index < -0.39 is 15.8 Å². The second kappa shape index (κ2) is 6.58. The van der Waals surface area contributed by atoms with Crippen LogP contribution in [0.5, 0.6) is 0 Å². The second-order valence-corrected chi connectivity index (χ2v) is 6.95. The zero-order chi connectivity index (χ0) is 14.6. The van der Waals surface area contributed by atoms with Gasteiger partial charge < -0.3 is 5.73 Å². The summed E-state index contributed by atoms with van der Waals surface area (Å²) in [4.78, 5) is 0.00320. The van der Waals surface area contributed by atoms with Gasteiger partial charge in [0, 0.05) is 11.8 Å². The van der Waals surface area contributed by atoms with E-state index in [0.717, 1.165) is 6.07 Å². The molecule has 1 unspecified atom stereocenters. The Labute approximate surface area is 118 Å². The minimum atomic E-state index is -3.67. The molecular weight excluding hydrogens is 287 g/mol. The van der Waals surface area contributed by atoms with E-state index in [9.17, 15) is 12.8 Å². The van der Waals surface area contributed by atoms with Gasteiger partial charge in [0.25, 0.3) is 0 Å². The molecule has 0 aromatic heterocycles. The number of aryl methyl sites for hydroxylation is 1. The number of nitrogen functional groups attached to an aromatic ring is 1. The Morgan fingerprint density at radius 1 is 1.47 bits per heavy atom. The predicted octanol–water partition coefficient (Wildman–Crippen LogP) is 2.14. The molecule has 1 atom stereocenters. The molecule has 0 aliphatic rings. The summed E-state index contributed by atoms with van der Waals surface area (Å²) in [6, 6.07) is 2.29. The number of benzene rings is 1. The minimum absolute atomic E-state index is 0.00320. The van der Waals surface area contributed by atoms with Crippen molar-refractivity contribution in [3.05, 3.63) is 23.5 Å². The van der Waals surface area contributed by atoms with Crippen molar-refractivity contribution in [3.8, 4) is 0 Å². The van der Waals surface area contributed by atoms with Crippen molar-refractivity contribution in [1.29, 1.82) is 0 Å². The van der Waals surface area contributed by atoms with Gasteiger partial charge in [0.1, 0.15) is 5.82 Å². The highest BCUT2D eigenvalue weighted by Crippen LogP contribution is 2.21. The molecule has 0 fully saturated rings. The molecule has 0 aliphatic carbocycles. The van der Waals surface area contributed by atoms with Crippen LogP contribution in [0.15, 0.2) is 17.0 Å². The first-order chi connectivity index (χ1) is 8.81. The molecule has 1 rings (SSSR count). The van der Waals surface area contributed by atoms with Crippen LogP contribution in [0.3, 0.4) is 0 Å². The molecule has 0 radical (unpaired) electrons. The fourth-order valence-corrected chi connectivity index (χ4v) is 3.91. The third-order valence-electron chi connectivity index (χ3n) is 2.75. The van der Waals surface area contributed by atoms with Gasteiger partial charge in [-0.25, -0.2) is 17.5 Å². The van der Waals surface area contributed by atoms with E-state index >= 15 is 0 Å². The quantitative estimate of drug-likeness (QED) is 0.790. The third-order valence-corrected chi connectivity index (χ3v) is 4.98. The molecular formula is C12H19FN2O2S2. The van der Waals surface area contributed by atoms with Gasteiger partial charge in [-0.1, -0.05) is 6.92 Å². The maximum atomic E-state index is 13.4. The molecule has 0 bridgehead atoms. The number of halogens is 1. The molecule has 0 aliphatic heterocycles. The highest BCUT2D eigenvalue weighted by Gasteiger charge is 2.20. The van der Waals surface area contributed by atoms with Gasteiger partial charge in [-0.05, 0) is 37.3 Å². The highest BCUT2D eigenvalue weighted by molar-refractivity contribution is 7.98. The average Bonchev–Trinajstić information content (AvgIpc) is 2.34. The summed E-state index contributed by atoms with van der Waals surface area (Å²) in [5, 5.41) is 0. The van der Waals surface area contributed by atoms with Gasteiger partial charge >= 0.3 is 0 Å². The van der Waals surface area contributed by atoms with Crippen molar-refractivity contribution in [2.45, 2.75) is 31.2 Å². The molecule has 4 nitrogen and oxygen atoms in total. The molecule has 0 saturated carbocycles. The van der Waals surface area contributed by atoms with Crippen LogP contribution in [0.1, 0.15) is 18.9 Å². The Morgan fingerprint density at radius 3 is 2.58 bits per heavy atom. The van der Waals surface area contributed by atoms with Crippen LogP contribution < -0.4 is 10.5 Å². The summed E-state index contributed by atoms with van der Waals surface area (Å²) in [6.07, 6.45) is 2.60. The van der Waals surface area contributed by atoms with Crippen LogP contribution in [0, 0.1) is 12.7 Å². The molecule has 7 heteroatoms. The van der Waals surface area contributed by atoms with Gasteiger partial charge in [0.2, 0.25) is 10.0 Å².